The Morgan fingerprint density at radius 1 is 1.18 bits per heavy atom. The molecule has 1 aliphatic heterocycles. The third-order valence-electron chi connectivity index (χ3n) is 7.56. The molecule has 3 heterocycles. The lowest BCUT2D eigenvalue weighted by atomic mass is 9.31. The van der Waals surface area contributed by atoms with E-state index in [0.29, 0.717) is 34.1 Å². The molecule has 8 heteroatoms. The van der Waals surface area contributed by atoms with Gasteiger partial charge in [-0.15, -0.1) is 0 Å². The minimum absolute atomic E-state index is 0.129. The van der Waals surface area contributed by atoms with E-state index in [4.69, 9.17) is 15.7 Å². The van der Waals surface area contributed by atoms with Crippen molar-refractivity contribution in [3.8, 4) is 23.0 Å². The molecule has 7 nitrogen and oxygen atoms in total. The molecule has 0 bridgehead atoms. The van der Waals surface area contributed by atoms with Crippen LogP contribution >= 0.6 is 0 Å². The Bertz CT molecular complexity index is 1310. The van der Waals surface area contributed by atoms with Crippen LogP contribution in [0.4, 0.5) is 11.5 Å². The van der Waals surface area contributed by atoms with Crippen molar-refractivity contribution < 1.29 is 5.11 Å². The number of aliphatic imine (C=N–C) groups is 1. The fourth-order valence-electron chi connectivity index (χ4n) is 5.30. The van der Waals surface area contributed by atoms with E-state index >= 15 is 0 Å². The Hall–Kier alpha value is -3.60. The van der Waals surface area contributed by atoms with Crippen molar-refractivity contribution in [2.24, 2.45) is 4.99 Å². The summed E-state index contributed by atoms with van der Waals surface area (Å²) in [5.41, 5.74) is 10.9. The van der Waals surface area contributed by atoms with Crippen LogP contribution in [0.1, 0.15) is 36.8 Å². The van der Waals surface area contributed by atoms with Gasteiger partial charge in [-0.1, -0.05) is 19.3 Å². The van der Waals surface area contributed by atoms with Gasteiger partial charge in [0.05, 0.1) is 16.7 Å². The number of nitrogens with two attached hydrogens (primary N) is 1. The molecule has 1 atom stereocenters. The van der Waals surface area contributed by atoms with Gasteiger partial charge in [0.2, 0.25) is 0 Å². The SMILES string of the molecule is CN=Cc1cc(-c2ccc3nc(N4CCC(B(C#N)C5CCC5)C4)ccc3n2)c(O)c(C)c1N. The van der Waals surface area contributed by atoms with Crippen LogP contribution < -0.4 is 10.6 Å². The van der Waals surface area contributed by atoms with E-state index < -0.39 is 0 Å². The minimum Gasteiger partial charge on any atom is -0.507 e. The number of nitrogens with zero attached hydrogens (tertiary/aromatic N) is 5. The zero-order valence-electron chi connectivity index (χ0n) is 19.7. The number of anilines is 2. The van der Waals surface area contributed by atoms with Gasteiger partial charge in [-0.05, 0) is 55.3 Å². The van der Waals surface area contributed by atoms with Crippen molar-refractivity contribution in [1.82, 2.24) is 9.97 Å². The average Bonchev–Trinajstić information content (AvgIpc) is 3.31. The largest absolute Gasteiger partial charge is 0.507 e. The molecular formula is C26H29BN6O. The summed E-state index contributed by atoms with van der Waals surface area (Å²) in [7, 11) is 1.69. The van der Waals surface area contributed by atoms with E-state index in [0.717, 1.165) is 41.9 Å². The van der Waals surface area contributed by atoms with Gasteiger partial charge in [-0.3, -0.25) is 4.99 Å². The molecule has 1 aliphatic carbocycles. The second-order valence-electron chi connectivity index (χ2n) is 9.53. The Morgan fingerprint density at radius 3 is 2.65 bits per heavy atom. The lowest BCUT2D eigenvalue weighted by Gasteiger charge is -2.30. The van der Waals surface area contributed by atoms with Crippen LogP contribution in [0.5, 0.6) is 5.75 Å². The second kappa shape index (κ2) is 8.98. The molecule has 3 aromatic rings. The number of fused-ring (bicyclic) bond motifs is 1. The lowest BCUT2D eigenvalue weighted by Crippen LogP contribution is -2.32. The Kier molecular flexibility index (Phi) is 5.86. The fraction of sp³-hybridized carbons (Fsp3) is 0.385. The first-order valence-electron chi connectivity index (χ1n) is 12.0. The smallest absolute Gasteiger partial charge is 0.275 e. The topological polar surface area (TPSA) is 111 Å². The highest BCUT2D eigenvalue weighted by Crippen LogP contribution is 2.42. The van der Waals surface area contributed by atoms with Gasteiger partial charge >= 0.3 is 0 Å². The molecule has 1 unspecified atom stereocenters. The number of aromatic nitrogens is 2. The molecule has 2 aliphatic rings. The molecule has 1 saturated heterocycles. The number of hydrogen-bond acceptors (Lipinski definition) is 7. The standard InChI is InChI=1S/C26H29BN6O/c1-16-25(29)17(13-30-2)12-20(26(16)34)21-6-7-23-22(31-21)8-9-24(32-23)33-11-10-19(14-33)27(15-28)18-4-3-5-18/h6-9,12-13,18-19,34H,3-5,10-11,14,29H2,1-2H3. The molecule has 1 aromatic carbocycles. The highest BCUT2D eigenvalue weighted by Gasteiger charge is 2.40. The van der Waals surface area contributed by atoms with Crippen molar-refractivity contribution in [2.75, 3.05) is 30.8 Å². The summed E-state index contributed by atoms with van der Waals surface area (Å²) in [4.78, 5) is 16.0. The van der Waals surface area contributed by atoms with E-state index in [1.807, 2.05) is 30.3 Å². The lowest BCUT2D eigenvalue weighted by molar-refractivity contribution is 0.473. The third-order valence-corrected chi connectivity index (χ3v) is 7.56. The first-order valence-corrected chi connectivity index (χ1v) is 12.0. The molecule has 2 aromatic heterocycles. The molecule has 34 heavy (non-hydrogen) atoms. The summed E-state index contributed by atoms with van der Waals surface area (Å²) in [6.07, 6.45) is 6.40. The first-order chi connectivity index (χ1) is 16.5. The summed E-state index contributed by atoms with van der Waals surface area (Å²) in [5, 5.41) is 20.4. The Balaban J connectivity index is 1.41. The van der Waals surface area contributed by atoms with Crippen molar-refractivity contribution in [3.05, 3.63) is 41.5 Å². The highest BCUT2D eigenvalue weighted by molar-refractivity contribution is 6.70. The number of hydrogen-bond donors (Lipinski definition) is 2. The van der Waals surface area contributed by atoms with E-state index in [1.165, 1.54) is 19.3 Å². The van der Waals surface area contributed by atoms with Gasteiger partial charge in [0.25, 0.3) is 6.71 Å². The van der Waals surface area contributed by atoms with Crippen LogP contribution in [0.25, 0.3) is 22.3 Å². The number of nitriles is 1. The van der Waals surface area contributed by atoms with Crippen LogP contribution in [0.3, 0.4) is 0 Å². The second-order valence-corrected chi connectivity index (χ2v) is 9.53. The van der Waals surface area contributed by atoms with Crippen LogP contribution in [-0.2, 0) is 0 Å². The van der Waals surface area contributed by atoms with Gasteiger partial charge in [-0.25, -0.2) is 15.2 Å². The molecule has 0 spiro atoms. The van der Waals surface area contributed by atoms with Crippen LogP contribution in [0, 0.1) is 18.2 Å². The third kappa shape index (κ3) is 3.85. The van der Waals surface area contributed by atoms with Crippen molar-refractivity contribution in [2.45, 2.75) is 44.2 Å². The minimum atomic E-state index is 0.129. The Labute approximate surface area is 200 Å². The molecule has 172 valence electrons. The van der Waals surface area contributed by atoms with Crippen LogP contribution in [-0.4, -0.2) is 48.1 Å². The number of aromatic hydroxyl groups is 1. The van der Waals surface area contributed by atoms with Gasteiger partial charge < -0.3 is 15.7 Å². The number of rotatable bonds is 5. The van der Waals surface area contributed by atoms with E-state index in [2.05, 4.69) is 15.9 Å². The zero-order chi connectivity index (χ0) is 23.8. The normalized spacial score (nSPS) is 18.4. The highest BCUT2D eigenvalue weighted by atomic mass is 16.3. The number of pyridine rings is 2. The summed E-state index contributed by atoms with van der Waals surface area (Å²) >= 11 is 0. The zero-order valence-corrected chi connectivity index (χ0v) is 19.7. The average molecular weight is 452 g/mol. The summed E-state index contributed by atoms with van der Waals surface area (Å²) in [5.74, 6) is 4.67. The predicted octanol–water partition coefficient (Wildman–Crippen LogP) is 4.63. The number of benzene rings is 1. The number of phenolic OH excluding ortho intramolecular Hbond substituents is 1. The molecule has 0 amide bonds. The summed E-state index contributed by atoms with van der Waals surface area (Å²) < 4.78 is 0. The monoisotopic (exact) mass is 452 g/mol. The van der Waals surface area contributed by atoms with Gasteiger partial charge in [0.1, 0.15) is 11.6 Å². The molecule has 0 radical (unpaired) electrons. The fourth-order valence-corrected chi connectivity index (χ4v) is 5.30. The van der Waals surface area contributed by atoms with E-state index in [9.17, 15) is 10.4 Å². The van der Waals surface area contributed by atoms with Gasteiger partial charge in [0, 0.05) is 54.7 Å². The van der Waals surface area contributed by atoms with E-state index in [-0.39, 0.29) is 12.5 Å². The summed E-state index contributed by atoms with van der Waals surface area (Å²) in [6, 6.07) is 9.64. The van der Waals surface area contributed by atoms with Crippen molar-refractivity contribution in [3.63, 3.8) is 0 Å². The number of phenols is 1. The predicted molar refractivity (Wildman–Crippen MR) is 139 cm³/mol. The van der Waals surface area contributed by atoms with Gasteiger partial charge in [-0.2, -0.15) is 0 Å². The molecule has 3 N–H and O–H groups in total. The molecule has 1 saturated carbocycles. The quantitative estimate of drug-likeness (QED) is 0.332. The van der Waals surface area contributed by atoms with Crippen molar-refractivity contribution in [1.29, 1.82) is 5.26 Å². The molecule has 5 rings (SSSR count). The molecule has 2 fully saturated rings. The maximum Gasteiger partial charge on any atom is 0.275 e. The van der Waals surface area contributed by atoms with Crippen molar-refractivity contribution >= 4 is 35.5 Å². The van der Waals surface area contributed by atoms with Crippen LogP contribution in [0.2, 0.25) is 11.6 Å². The first kappa shape index (κ1) is 22.2. The summed E-state index contributed by atoms with van der Waals surface area (Å²) in [6.45, 7) is 3.78. The van der Waals surface area contributed by atoms with Crippen LogP contribution in [0.15, 0.2) is 35.3 Å². The maximum absolute atomic E-state index is 10.7. The Morgan fingerprint density at radius 2 is 1.94 bits per heavy atom. The molecular weight excluding hydrogens is 423 g/mol. The number of nitrogen functional groups attached to an aromatic ring is 1. The van der Waals surface area contributed by atoms with Gasteiger partial charge in [0.15, 0.2) is 0 Å². The van der Waals surface area contributed by atoms with E-state index in [1.54, 1.807) is 20.2 Å². The maximum atomic E-state index is 10.7.